The minimum absolute atomic E-state index is 0.857. The molecule has 12 aromatic carbocycles. The molecule has 0 saturated carbocycles. The number of furan rings is 1. The van der Waals surface area contributed by atoms with Crippen molar-refractivity contribution in [2.45, 2.75) is 0 Å². The molecule has 2 heterocycles. The van der Waals surface area contributed by atoms with Gasteiger partial charge >= 0.3 is 0 Å². The molecule has 0 spiro atoms. The van der Waals surface area contributed by atoms with Gasteiger partial charge in [0.25, 0.3) is 0 Å². The molecule has 2 aromatic heterocycles. The van der Waals surface area contributed by atoms with Gasteiger partial charge in [0.05, 0.1) is 27.8 Å². The van der Waals surface area contributed by atoms with Gasteiger partial charge in [0.15, 0.2) is 0 Å². The van der Waals surface area contributed by atoms with Crippen LogP contribution in [0.4, 0.5) is 17.1 Å². The van der Waals surface area contributed by atoms with Crippen LogP contribution in [-0.2, 0) is 0 Å². The Labute approximate surface area is 386 Å². The SMILES string of the molecule is c1ccc(-c2cc(N(c3cc4ccc5ccccc5c4c4ccccc34)c3cccc4oc5ccccc5c34)ccc2-c2ccc(-n3c4ccccc4c4ccc5ccccc5c43)cc2)cc1. The predicted molar refractivity (Wildman–Crippen MR) is 284 cm³/mol. The van der Waals surface area contributed by atoms with Crippen molar-refractivity contribution >= 4 is 104 Å². The fourth-order valence-corrected chi connectivity index (χ4v) is 11.0. The first-order valence-electron chi connectivity index (χ1n) is 23.0. The number of para-hydroxylation sites is 2. The second kappa shape index (κ2) is 14.8. The molecule has 0 saturated heterocycles. The van der Waals surface area contributed by atoms with Gasteiger partial charge in [-0.05, 0) is 109 Å². The molecule has 3 heteroatoms. The summed E-state index contributed by atoms with van der Waals surface area (Å²) in [6.07, 6.45) is 0. The lowest BCUT2D eigenvalue weighted by Crippen LogP contribution is -2.11. The van der Waals surface area contributed by atoms with Crippen molar-refractivity contribution in [1.82, 2.24) is 4.57 Å². The summed E-state index contributed by atoms with van der Waals surface area (Å²) < 4.78 is 9.00. The van der Waals surface area contributed by atoms with Crippen LogP contribution >= 0.6 is 0 Å². The number of aromatic nitrogens is 1. The van der Waals surface area contributed by atoms with Crippen LogP contribution in [-0.4, -0.2) is 4.57 Å². The van der Waals surface area contributed by atoms with E-state index in [4.69, 9.17) is 4.42 Å². The molecule has 312 valence electrons. The lowest BCUT2D eigenvalue weighted by molar-refractivity contribution is 0.669. The lowest BCUT2D eigenvalue weighted by Gasteiger charge is -2.29. The highest BCUT2D eigenvalue weighted by Gasteiger charge is 2.24. The van der Waals surface area contributed by atoms with E-state index in [1.54, 1.807) is 0 Å². The molecule has 0 radical (unpaired) electrons. The van der Waals surface area contributed by atoms with Crippen LogP contribution < -0.4 is 4.90 Å². The van der Waals surface area contributed by atoms with Gasteiger partial charge in [0.1, 0.15) is 11.2 Å². The molecule has 0 unspecified atom stereocenters. The molecule has 0 N–H and O–H groups in total. The van der Waals surface area contributed by atoms with E-state index in [9.17, 15) is 0 Å². The number of anilines is 3. The third-order valence-corrected chi connectivity index (χ3v) is 13.9. The molecule has 67 heavy (non-hydrogen) atoms. The largest absolute Gasteiger partial charge is 0.456 e. The highest BCUT2D eigenvalue weighted by Crippen LogP contribution is 2.49. The monoisotopic (exact) mass is 852 g/mol. The number of hydrogen-bond donors (Lipinski definition) is 0. The second-order valence-corrected chi connectivity index (χ2v) is 17.6. The Bertz CT molecular complexity index is 4270. The first-order chi connectivity index (χ1) is 33.2. The van der Waals surface area contributed by atoms with E-state index in [-0.39, 0.29) is 0 Å². The van der Waals surface area contributed by atoms with Gasteiger partial charge in [0, 0.05) is 38.3 Å². The number of hydrogen-bond acceptors (Lipinski definition) is 2. The Hall–Kier alpha value is -8.92. The lowest BCUT2D eigenvalue weighted by atomic mass is 9.92. The third-order valence-electron chi connectivity index (χ3n) is 13.9. The number of nitrogens with zero attached hydrogens (tertiary/aromatic N) is 2. The van der Waals surface area contributed by atoms with E-state index < -0.39 is 0 Å². The van der Waals surface area contributed by atoms with Crippen molar-refractivity contribution in [3.05, 3.63) is 243 Å². The van der Waals surface area contributed by atoms with Gasteiger partial charge in [-0.1, -0.05) is 188 Å². The molecule has 0 aliphatic heterocycles. The van der Waals surface area contributed by atoms with Crippen LogP contribution in [0.2, 0.25) is 0 Å². The summed E-state index contributed by atoms with van der Waals surface area (Å²) in [5.74, 6) is 0. The molecule has 14 rings (SSSR count). The van der Waals surface area contributed by atoms with Crippen LogP contribution in [0, 0.1) is 0 Å². The standard InChI is InChI=1S/C64H40N2O/c1-2-15-41(16-3-1)56-40-47(36-38-48(56)44-31-34-46(35-32-44)66-57-25-12-10-22-52(57)54-37-33-43-18-5-7-20-50(43)64(54)66)65(58-26-14-28-61-63(58)55-24-11-13-27-60(55)67-61)59-39-45-30-29-42-17-4-6-19-49(42)62(45)53-23-9-8-21-51(53)59/h1-40H. The first-order valence-corrected chi connectivity index (χ1v) is 23.0. The Morgan fingerprint density at radius 3 is 1.79 bits per heavy atom. The van der Waals surface area contributed by atoms with Gasteiger partial charge < -0.3 is 13.9 Å². The normalized spacial score (nSPS) is 11.9. The van der Waals surface area contributed by atoms with Gasteiger partial charge in [-0.25, -0.2) is 0 Å². The molecule has 0 bridgehead atoms. The number of fused-ring (bicyclic) bond motifs is 13. The predicted octanol–water partition coefficient (Wildman–Crippen LogP) is 18.1. The van der Waals surface area contributed by atoms with Crippen molar-refractivity contribution in [2.75, 3.05) is 4.90 Å². The molecule has 0 fully saturated rings. The third kappa shape index (κ3) is 5.78. The van der Waals surface area contributed by atoms with Crippen molar-refractivity contribution in [3.8, 4) is 27.9 Å². The summed E-state index contributed by atoms with van der Waals surface area (Å²) in [5.41, 5.74) is 13.1. The number of rotatable bonds is 6. The van der Waals surface area contributed by atoms with Gasteiger partial charge in [-0.2, -0.15) is 0 Å². The highest BCUT2D eigenvalue weighted by molar-refractivity contribution is 6.25. The molecule has 0 aliphatic rings. The van der Waals surface area contributed by atoms with Crippen LogP contribution in [0.5, 0.6) is 0 Å². The second-order valence-electron chi connectivity index (χ2n) is 17.6. The Morgan fingerprint density at radius 2 is 0.955 bits per heavy atom. The Morgan fingerprint density at radius 1 is 0.328 bits per heavy atom. The van der Waals surface area contributed by atoms with Crippen molar-refractivity contribution in [2.24, 2.45) is 0 Å². The summed E-state index contributed by atoms with van der Waals surface area (Å²) in [4.78, 5) is 2.47. The summed E-state index contributed by atoms with van der Waals surface area (Å²) in [6.45, 7) is 0. The maximum atomic E-state index is 6.57. The first kappa shape index (κ1) is 37.5. The summed E-state index contributed by atoms with van der Waals surface area (Å²) in [5, 5.41) is 14.5. The van der Waals surface area contributed by atoms with E-state index in [1.807, 2.05) is 6.07 Å². The van der Waals surface area contributed by atoms with Gasteiger partial charge in [0.2, 0.25) is 0 Å². The zero-order valence-corrected chi connectivity index (χ0v) is 36.4. The van der Waals surface area contributed by atoms with Crippen molar-refractivity contribution in [3.63, 3.8) is 0 Å². The van der Waals surface area contributed by atoms with Gasteiger partial charge in [-0.3, -0.25) is 0 Å². The van der Waals surface area contributed by atoms with Crippen molar-refractivity contribution in [1.29, 1.82) is 0 Å². The summed E-state index contributed by atoms with van der Waals surface area (Å²) >= 11 is 0. The van der Waals surface area contributed by atoms with E-state index in [0.717, 1.165) is 66.9 Å². The smallest absolute Gasteiger partial charge is 0.137 e. The van der Waals surface area contributed by atoms with Crippen LogP contribution in [0.3, 0.4) is 0 Å². The highest BCUT2D eigenvalue weighted by atomic mass is 16.3. The fourth-order valence-electron chi connectivity index (χ4n) is 11.0. The maximum Gasteiger partial charge on any atom is 0.137 e. The molecule has 14 aromatic rings. The van der Waals surface area contributed by atoms with Crippen LogP contribution in [0.15, 0.2) is 247 Å². The van der Waals surface area contributed by atoms with Crippen LogP contribution in [0.1, 0.15) is 0 Å². The molecule has 0 amide bonds. The van der Waals surface area contributed by atoms with E-state index in [2.05, 4.69) is 246 Å². The minimum atomic E-state index is 0.857. The topological polar surface area (TPSA) is 21.3 Å². The zero-order valence-electron chi connectivity index (χ0n) is 36.4. The van der Waals surface area contributed by atoms with Gasteiger partial charge in [-0.15, -0.1) is 0 Å². The fraction of sp³-hybridized carbons (Fsp3) is 0. The quantitative estimate of drug-likeness (QED) is 0.155. The van der Waals surface area contributed by atoms with Crippen molar-refractivity contribution < 1.29 is 4.42 Å². The molecular weight excluding hydrogens is 813 g/mol. The van der Waals surface area contributed by atoms with E-state index in [1.165, 1.54) is 64.9 Å². The molecule has 0 aliphatic carbocycles. The van der Waals surface area contributed by atoms with E-state index >= 15 is 0 Å². The zero-order chi connectivity index (χ0) is 44.0. The molecular formula is C64H40N2O. The Kier molecular flexibility index (Phi) is 8.28. The molecule has 3 nitrogen and oxygen atoms in total. The minimum Gasteiger partial charge on any atom is -0.456 e. The summed E-state index contributed by atoms with van der Waals surface area (Å²) in [6, 6.07) is 88.4. The summed E-state index contributed by atoms with van der Waals surface area (Å²) in [7, 11) is 0. The van der Waals surface area contributed by atoms with E-state index in [0.29, 0.717) is 0 Å². The van der Waals surface area contributed by atoms with Crippen LogP contribution in [0.25, 0.3) is 115 Å². The average Bonchev–Trinajstić information content (AvgIpc) is 3.96. The molecule has 0 atom stereocenters. The maximum absolute atomic E-state index is 6.57. The Balaban J connectivity index is 1.00. The average molecular weight is 853 g/mol. The number of benzene rings is 12.